The molecule has 0 spiro atoms. The van der Waals surface area contributed by atoms with Gasteiger partial charge in [0.2, 0.25) is 0 Å². The number of carboxylic acids is 2. The molecule has 0 aromatic carbocycles. The maximum Gasteiger partial charge on any atom is 2.00 e. The molecular formula is C4H6BrMgNO4. The Kier molecular flexibility index (Phi) is 13.0. The molecule has 0 radical (unpaired) electrons. The van der Waals surface area contributed by atoms with Gasteiger partial charge in [-0.05, 0) is 0 Å². The number of hydrogen-bond acceptors (Lipinski definition) is 5. The van der Waals surface area contributed by atoms with Gasteiger partial charge in [-0.1, -0.05) is 0 Å². The van der Waals surface area contributed by atoms with Gasteiger partial charge in [0, 0.05) is 18.4 Å². The van der Waals surface area contributed by atoms with Crippen molar-refractivity contribution in [2.75, 3.05) is 0 Å². The van der Waals surface area contributed by atoms with Gasteiger partial charge in [0.15, 0.2) is 0 Å². The molecule has 1 atom stereocenters. The van der Waals surface area contributed by atoms with Gasteiger partial charge in [-0.15, -0.1) is 17.0 Å². The summed E-state index contributed by atoms with van der Waals surface area (Å²) in [7, 11) is 0. The number of aliphatic carboxylic acids is 2. The summed E-state index contributed by atoms with van der Waals surface area (Å²) in [5.74, 6) is -3.08. The van der Waals surface area contributed by atoms with Crippen molar-refractivity contribution in [3.05, 3.63) is 0 Å². The summed E-state index contributed by atoms with van der Waals surface area (Å²) < 4.78 is 0. The van der Waals surface area contributed by atoms with E-state index in [1.165, 1.54) is 0 Å². The molecule has 0 aliphatic carbocycles. The fourth-order valence-corrected chi connectivity index (χ4v) is 0.263. The third kappa shape index (κ3) is 10.1. The molecule has 60 valence electrons. The molecule has 0 amide bonds. The first-order chi connectivity index (χ1) is 4.04. The number of nitrogens with two attached hydrogens (primary N) is 1. The van der Waals surface area contributed by atoms with E-state index in [1.54, 1.807) is 0 Å². The van der Waals surface area contributed by atoms with E-state index < -0.39 is 24.4 Å². The molecule has 0 saturated heterocycles. The molecule has 0 unspecified atom stereocenters. The molecular weight excluding hydrogens is 230 g/mol. The van der Waals surface area contributed by atoms with E-state index in [2.05, 4.69) is 0 Å². The molecule has 0 bridgehead atoms. The van der Waals surface area contributed by atoms with E-state index in [9.17, 15) is 19.8 Å². The zero-order valence-corrected chi connectivity index (χ0v) is 8.74. The second-order valence-corrected chi connectivity index (χ2v) is 1.50. The van der Waals surface area contributed by atoms with E-state index in [-0.39, 0.29) is 40.0 Å². The van der Waals surface area contributed by atoms with Crippen LogP contribution in [0.15, 0.2) is 0 Å². The van der Waals surface area contributed by atoms with Crippen LogP contribution in [0.1, 0.15) is 6.42 Å². The van der Waals surface area contributed by atoms with Crippen LogP contribution in [0.4, 0.5) is 0 Å². The van der Waals surface area contributed by atoms with Crippen LogP contribution in [0.25, 0.3) is 0 Å². The Balaban J connectivity index is -0.000000320. The Morgan fingerprint density at radius 1 is 1.36 bits per heavy atom. The van der Waals surface area contributed by atoms with Crippen molar-refractivity contribution >= 4 is 52.0 Å². The van der Waals surface area contributed by atoms with Gasteiger partial charge in [-0.25, -0.2) is 0 Å². The third-order valence-electron chi connectivity index (χ3n) is 0.689. The maximum atomic E-state index is 9.71. The summed E-state index contributed by atoms with van der Waals surface area (Å²) in [6.45, 7) is 0. The Labute approximate surface area is 89.9 Å². The number of carbonyl (C=O) groups excluding carboxylic acids is 2. The first-order valence-corrected chi connectivity index (χ1v) is 2.20. The van der Waals surface area contributed by atoms with Crippen LogP contribution in [0.2, 0.25) is 0 Å². The van der Waals surface area contributed by atoms with E-state index in [0.29, 0.717) is 0 Å². The van der Waals surface area contributed by atoms with Gasteiger partial charge >= 0.3 is 23.1 Å². The smallest absolute Gasteiger partial charge is 0.550 e. The quantitative estimate of drug-likeness (QED) is 0.510. The van der Waals surface area contributed by atoms with E-state index in [0.717, 1.165) is 0 Å². The van der Waals surface area contributed by atoms with Crippen molar-refractivity contribution in [2.24, 2.45) is 5.73 Å². The normalized spacial score (nSPS) is 10.3. The molecule has 0 aliphatic heterocycles. The number of halogens is 1. The number of hydrogen-bond donors (Lipinski definition) is 1. The predicted molar refractivity (Wildman–Crippen MR) is 38.7 cm³/mol. The summed E-state index contributed by atoms with van der Waals surface area (Å²) in [5, 5.41) is 19.3. The Bertz CT molecular complexity index is 142. The minimum absolute atomic E-state index is 0. The largest absolute Gasteiger partial charge is 2.00 e. The van der Waals surface area contributed by atoms with Crippen LogP contribution in [-0.4, -0.2) is 41.0 Å². The minimum Gasteiger partial charge on any atom is -0.550 e. The van der Waals surface area contributed by atoms with Crippen molar-refractivity contribution in [1.29, 1.82) is 0 Å². The summed E-state index contributed by atoms with van der Waals surface area (Å²) in [5.41, 5.74) is 4.73. The van der Waals surface area contributed by atoms with Crippen LogP contribution in [-0.2, 0) is 9.59 Å². The van der Waals surface area contributed by atoms with Gasteiger partial charge in [-0.2, -0.15) is 0 Å². The van der Waals surface area contributed by atoms with Crippen molar-refractivity contribution in [1.82, 2.24) is 0 Å². The summed E-state index contributed by atoms with van der Waals surface area (Å²) in [6.07, 6.45) is -0.706. The van der Waals surface area contributed by atoms with Crippen LogP contribution in [0.3, 0.4) is 0 Å². The van der Waals surface area contributed by atoms with Crippen molar-refractivity contribution < 1.29 is 19.8 Å². The average Bonchev–Trinajstić information content (AvgIpc) is 1.63. The van der Waals surface area contributed by atoms with Crippen LogP contribution in [0.5, 0.6) is 0 Å². The molecule has 11 heavy (non-hydrogen) atoms. The minimum atomic E-state index is -1.58. The van der Waals surface area contributed by atoms with E-state index in [1.807, 2.05) is 0 Å². The van der Waals surface area contributed by atoms with Crippen molar-refractivity contribution in [3.8, 4) is 0 Å². The first kappa shape index (κ1) is 17.3. The molecule has 0 heterocycles. The van der Waals surface area contributed by atoms with Gasteiger partial charge < -0.3 is 25.5 Å². The molecule has 0 aromatic heterocycles. The molecule has 0 fully saturated rings. The first-order valence-electron chi connectivity index (χ1n) is 2.20. The Hall–Kier alpha value is 0.146. The van der Waals surface area contributed by atoms with Gasteiger partial charge in [0.05, 0.1) is 5.97 Å². The van der Waals surface area contributed by atoms with Crippen LogP contribution < -0.4 is 15.9 Å². The summed E-state index contributed by atoms with van der Waals surface area (Å²) in [4.78, 5) is 19.3. The topological polar surface area (TPSA) is 106 Å². The Morgan fingerprint density at radius 3 is 1.82 bits per heavy atom. The van der Waals surface area contributed by atoms with Gasteiger partial charge in [-0.3, -0.25) is 0 Å². The molecule has 0 saturated carbocycles. The molecule has 0 rings (SSSR count). The van der Waals surface area contributed by atoms with Gasteiger partial charge in [0.1, 0.15) is 0 Å². The molecule has 0 aliphatic rings. The van der Waals surface area contributed by atoms with Gasteiger partial charge in [0.25, 0.3) is 0 Å². The molecule has 2 N–H and O–H groups in total. The molecule has 0 aromatic rings. The maximum absolute atomic E-state index is 9.71. The number of rotatable bonds is 3. The van der Waals surface area contributed by atoms with Crippen LogP contribution in [0, 0.1) is 0 Å². The monoisotopic (exact) mass is 235 g/mol. The molecule has 7 heteroatoms. The fourth-order valence-electron chi connectivity index (χ4n) is 0.263. The van der Waals surface area contributed by atoms with Crippen LogP contribution >= 0.6 is 17.0 Å². The molecule has 5 nitrogen and oxygen atoms in total. The zero-order valence-electron chi connectivity index (χ0n) is 5.61. The van der Waals surface area contributed by atoms with E-state index >= 15 is 0 Å². The Morgan fingerprint density at radius 2 is 1.73 bits per heavy atom. The van der Waals surface area contributed by atoms with E-state index in [4.69, 9.17) is 5.73 Å². The third-order valence-corrected chi connectivity index (χ3v) is 0.689. The second-order valence-electron chi connectivity index (χ2n) is 1.50. The number of carboxylic acid groups (broad SMARTS) is 2. The fraction of sp³-hybridized carbons (Fsp3) is 0.500. The second kappa shape index (κ2) is 8.24. The van der Waals surface area contributed by atoms with Crippen molar-refractivity contribution in [2.45, 2.75) is 12.5 Å². The zero-order chi connectivity index (χ0) is 7.44. The summed E-state index contributed by atoms with van der Waals surface area (Å²) in [6, 6.07) is -1.46. The standard InChI is InChI=1S/C4H7NO4.BrH.Mg/c5-2(4(8)9)1-3(6)7;;/h2H,1,5H2,(H,6,7)(H,8,9);1H;/q;;+2/p-2/t2-;;/m0../s1. The SMILES string of the molecule is Br.N[C@@H](CC(=O)[O-])C(=O)[O-].[Mg+2]. The summed E-state index contributed by atoms with van der Waals surface area (Å²) >= 11 is 0. The van der Waals surface area contributed by atoms with Crippen molar-refractivity contribution in [3.63, 3.8) is 0 Å². The average molecular weight is 236 g/mol. The predicted octanol–water partition coefficient (Wildman–Crippen LogP) is -3.60. The number of carbonyl (C=O) groups is 2.